The van der Waals surface area contributed by atoms with E-state index in [1.807, 2.05) is 0 Å². The van der Waals surface area contributed by atoms with Gasteiger partial charge in [-0.15, -0.1) is 0 Å². The minimum atomic E-state index is -4.66. The van der Waals surface area contributed by atoms with Crippen molar-refractivity contribution >= 4 is 6.29 Å². The number of alkyl halides is 3. The van der Waals surface area contributed by atoms with Gasteiger partial charge in [-0.05, 0) is 24.3 Å². The van der Waals surface area contributed by atoms with Crippen LogP contribution in [0.4, 0.5) is 17.6 Å². The zero-order chi connectivity index (χ0) is 15.5. The number of carbonyl (C=O) groups excluding carboxylic acids is 1. The number of hydrogen-bond acceptors (Lipinski definition) is 2. The number of hydrogen-bond donors (Lipinski definition) is 0. The lowest BCUT2D eigenvalue weighted by atomic mass is 10.1. The number of ether oxygens (including phenoxy) is 1. The van der Waals surface area contributed by atoms with Crippen molar-refractivity contribution in [3.8, 4) is 5.75 Å². The van der Waals surface area contributed by atoms with Crippen molar-refractivity contribution in [2.24, 2.45) is 0 Å². The Bertz CT molecular complexity index is 650. The van der Waals surface area contributed by atoms with E-state index in [9.17, 15) is 22.4 Å². The van der Waals surface area contributed by atoms with Crippen molar-refractivity contribution in [3.05, 3.63) is 65.0 Å². The van der Waals surface area contributed by atoms with Gasteiger partial charge in [-0.2, -0.15) is 13.2 Å². The third kappa shape index (κ3) is 3.59. The highest BCUT2D eigenvalue weighted by molar-refractivity contribution is 5.75. The predicted molar refractivity (Wildman–Crippen MR) is 67.6 cm³/mol. The molecule has 0 fully saturated rings. The first-order chi connectivity index (χ1) is 9.91. The first-order valence-corrected chi connectivity index (χ1v) is 5.94. The SMILES string of the molecule is O=Cc1ccc(OCc2ccccc2F)c(C(F)(F)F)c1. The van der Waals surface area contributed by atoms with Crippen molar-refractivity contribution < 1.29 is 27.1 Å². The maximum absolute atomic E-state index is 13.4. The second-order valence-electron chi connectivity index (χ2n) is 4.25. The van der Waals surface area contributed by atoms with Gasteiger partial charge in [0.05, 0.1) is 5.56 Å². The largest absolute Gasteiger partial charge is 0.488 e. The van der Waals surface area contributed by atoms with Gasteiger partial charge >= 0.3 is 6.18 Å². The number of benzene rings is 2. The van der Waals surface area contributed by atoms with E-state index in [2.05, 4.69) is 0 Å². The first kappa shape index (κ1) is 15.0. The van der Waals surface area contributed by atoms with E-state index >= 15 is 0 Å². The Balaban J connectivity index is 2.28. The highest BCUT2D eigenvalue weighted by Crippen LogP contribution is 2.37. The molecule has 6 heteroatoms. The van der Waals surface area contributed by atoms with Crippen molar-refractivity contribution in [1.29, 1.82) is 0 Å². The van der Waals surface area contributed by atoms with Crippen LogP contribution in [0.25, 0.3) is 0 Å². The molecule has 0 aliphatic carbocycles. The smallest absolute Gasteiger partial charge is 0.419 e. The molecule has 0 N–H and O–H groups in total. The third-order valence-electron chi connectivity index (χ3n) is 2.79. The standard InChI is InChI=1S/C15H10F4O2/c16-13-4-2-1-3-11(13)9-21-14-6-5-10(8-20)7-12(14)15(17,18)19/h1-8H,9H2. The molecular formula is C15H10F4O2. The zero-order valence-corrected chi connectivity index (χ0v) is 10.7. The van der Waals surface area contributed by atoms with Gasteiger partial charge in [0.2, 0.25) is 0 Å². The summed E-state index contributed by atoms with van der Waals surface area (Å²) in [6.45, 7) is -0.337. The number of halogens is 4. The van der Waals surface area contributed by atoms with Gasteiger partial charge in [0, 0.05) is 11.1 Å². The van der Waals surface area contributed by atoms with Crippen molar-refractivity contribution in [3.63, 3.8) is 0 Å². The molecule has 0 aliphatic heterocycles. The van der Waals surface area contributed by atoms with Crippen LogP contribution in [0.1, 0.15) is 21.5 Å². The maximum atomic E-state index is 13.4. The number of aldehydes is 1. The van der Waals surface area contributed by atoms with E-state index in [1.165, 1.54) is 24.3 Å². The lowest BCUT2D eigenvalue weighted by Gasteiger charge is -2.14. The molecule has 0 atom stereocenters. The molecule has 2 nitrogen and oxygen atoms in total. The molecule has 0 saturated carbocycles. The first-order valence-electron chi connectivity index (χ1n) is 5.94. The summed E-state index contributed by atoms with van der Waals surface area (Å²) in [4.78, 5) is 10.6. The topological polar surface area (TPSA) is 26.3 Å². The lowest BCUT2D eigenvalue weighted by Crippen LogP contribution is -2.10. The van der Waals surface area contributed by atoms with Gasteiger partial charge in [0.1, 0.15) is 24.5 Å². The molecule has 0 unspecified atom stereocenters. The molecule has 2 aromatic carbocycles. The summed E-state index contributed by atoms with van der Waals surface area (Å²) < 4.78 is 57.2. The maximum Gasteiger partial charge on any atom is 0.419 e. The summed E-state index contributed by atoms with van der Waals surface area (Å²) in [6.07, 6.45) is -4.35. The van der Waals surface area contributed by atoms with Crippen LogP contribution < -0.4 is 4.74 Å². The minimum absolute atomic E-state index is 0.111. The van der Waals surface area contributed by atoms with Gasteiger partial charge in [-0.3, -0.25) is 4.79 Å². The molecule has 0 saturated heterocycles. The Labute approximate surface area is 118 Å². The summed E-state index contributed by atoms with van der Waals surface area (Å²) in [7, 11) is 0. The van der Waals surface area contributed by atoms with Crippen molar-refractivity contribution in [1.82, 2.24) is 0 Å². The summed E-state index contributed by atoms with van der Waals surface area (Å²) in [5.41, 5.74) is -1.03. The van der Waals surface area contributed by atoms with Gasteiger partial charge in [-0.1, -0.05) is 18.2 Å². The van der Waals surface area contributed by atoms with Gasteiger partial charge in [0.15, 0.2) is 0 Å². The van der Waals surface area contributed by atoms with Crippen LogP contribution in [0.2, 0.25) is 0 Å². The number of carbonyl (C=O) groups is 1. The molecule has 2 rings (SSSR count). The fourth-order valence-corrected chi connectivity index (χ4v) is 1.74. The molecule has 110 valence electrons. The molecule has 0 amide bonds. The van der Waals surface area contributed by atoms with Crippen LogP contribution in [0.15, 0.2) is 42.5 Å². The Morgan fingerprint density at radius 1 is 1.10 bits per heavy atom. The van der Waals surface area contributed by atoms with Crippen LogP contribution in [0.5, 0.6) is 5.75 Å². The molecule has 0 heterocycles. The fourth-order valence-electron chi connectivity index (χ4n) is 1.74. The Kier molecular flexibility index (Phi) is 4.26. The van der Waals surface area contributed by atoms with Crippen LogP contribution in [0, 0.1) is 5.82 Å². The van der Waals surface area contributed by atoms with E-state index in [0.29, 0.717) is 12.4 Å². The number of rotatable bonds is 4. The second kappa shape index (κ2) is 5.95. The fraction of sp³-hybridized carbons (Fsp3) is 0.133. The van der Waals surface area contributed by atoms with E-state index in [4.69, 9.17) is 4.74 Å². The van der Waals surface area contributed by atoms with E-state index in [1.54, 1.807) is 6.07 Å². The van der Waals surface area contributed by atoms with Crippen LogP contribution in [-0.4, -0.2) is 6.29 Å². The quantitative estimate of drug-likeness (QED) is 0.623. The molecule has 0 spiro atoms. The molecule has 21 heavy (non-hydrogen) atoms. The van der Waals surface area contributed by atoms with E-state index in [-0.39, 0.29) is 17.7 Å². The van der Waals surface area contributed by atoms with Gasteiger partial charge in [-0.25, -0.2) is 4.39 Å². The monoisotopic (exact) mass is 298 g/mol. The molecule has 0 radical (unpaired) electrons. The summed E-state index contributed by atoms with van der Waals surface area (Å²) in [5.74, 6) is -1.01. The zero-order valence-electron chi connectivity index (χ0n) is 10.7. The normalized spacial score (nSPS) is 11.2. The van der Waals surface area contributed by atoms with Crippen molar-refractivity contribution in [2.45, 2.75) is 12.8 Å². The van der Waals surface area contributed by atoms with Crippen LogP contribution >= 0.6 is 0 Å². The van der Waals surface area contributed by atoms with Crippen LogP contribution in [0.3, 0.4) is 0 Å². The van der Waals surface area contributed by atoms with Crippen molar-refractivity contribution in [2.75, 3.05) is 0 Å². The highest BCUT2D eigenvalue weighted by Gasteiger charge is 2.34. The average molecular weight is 298 g/mol. The summed E-state index contributed by atoms with van der Waals surface area (Å²) >= 11 is 0. The second-order valence-corrected chi connectivity index (χ2v) is 4.25. The van der Waals surface area contributed by atoms with Gasteiger partial charge < -0.3 is 4.74 Å². The molecule has 0 bridgehead atoms. The van der Waals surface area contributed by atoms with Crippen LogP contribution in [-0.2, 0) is 12.8 Å². The molecule has 0 aromatic heterocycles. The Morgan fingerprint density at radius 2 is 1.81 bits per heavy atom. The average Bonchev–Trinajstić information content (AvgIpc) is 2.45. The third-order valence-corrected chi connectivity index (χ3v) is 2.79. The minimum Gasteiger partial charge on any atom is -0.488 e. The van der Waals surface area contributed by atoms with Gasteiger partial charge in [0.25, 0.3) is 0 Å². The lowest BCUT2D eigenvalue weighted by molar-refractivity contribution is -0.139. The van der Waals surface area contributed by atoms with E-state index < -0.39 is 23.3 Å². The molecular weight excluding hydrogens is 288 g/mol. The predicted octanol–water partition coefficient (Wildman–Crippen LogP) is 4.24. The van der Waals surface area contributed by atoms with E-state index in [0.717, 1.165) is 6.07 Å². The highest BCUT2D eigenvalue weighted by atomic mass is 19.4. The molecule has 2 aromatic rings. The summed E-state index contributed by atoms with van der Waals surface area (Å²) in [5, 5.41) is 0. The Morgan fingerprint density at radius 3 is 2.43 bits per heavy atom. The Hall–Kier alpha value is -2.37. The molecule has 0 aliphatic rings. The summed E-state index contributed by atoms with van der Waals surface area (Å²) in [6, 6.07) is 8.60.